The largest absolute Gasteiger partial charge is 0.453 e. The third-order valence-corrected chi connectivity index (χ3v) is 4.44. The molecule has 0 aliphatic carbocycles. The quantitative estimate of drug-likeness (QED) is 0.399. The van der Waals surface area contributed by atoms with Crippen molar-refractivity contribution in [2.45, 2.75) is 6.42 Å². The Morgan fingerprint density at radius 2 is 1.93 bits per heavy atom. The third kappa shape index (κ3) is 3.71. The predicted octanol–water partition coefficient (Wildman–Crippen LogP) is 3.99. The fourth-order valence-electron chi connectivity index (χ4n) is 3.09. The van der Waals surface area contributed by atoms with Gasteiger partial charge in [0.15, 0.2) is 11.6 Å². The normalized spacial score (nSPS) is 11.5. The zero-order valence-corrected chi connectivity index (χ0v) is 15.6. The highest BCUT2D eigenvalue weighted by Gasteiger charge is 2.13. The second-order valence-electron chi connectivity index (χ2n) is 6.90. The molecule has 6 heteroatoms. The van der Waals surface area contributed by atoms with Crippen molar-refractivity contribution < 1.29 is 4.42 Å². The number of anilines is 2. The van der Waals surface area contributed by atoms with E-state index in [1.807, 2.05) is 48.5 Å². The first-order valence-electron chi connectivity index (χ1n) is 9.05. The molecule has 2 aromatic heterocycles. The maximum atomic E-state index is 5.98. The van der Waals surface area contributed by atoms with Crippen molar-refractivity contribution in [3.63, 3.8) is 0 Å². The minimum Gasteiger partial charge on any atom is -0.453 e. The molecule has 0 amide bonds. The highest BCUT2D eigenvalue weighted by molar-refractivity contribution is 5.93. The number of nitrogen functional groups attached to an aromatic ring is 1. The standard InChI is InChI=1S/C21H23N5O/c1-26(2)11-5-10-23-20-16-13-15(22)8-9-17(16)24-21(25-20)19-12-14-6-3-4-7-18(14)27-19/h3-4,6-9,12-13H,5,10-11,22H2,1-2H3,(H,23,24,25). The maximum absolute atomic E-state index is 5.98. The van der Waals surface area contributed by atoms with Crippen molar-refractivity contribution in [3.05, 3.63) is 48.5 Å². The van der Waals surface area contributed by atoms with E-state index in [0.717, 1.165) is 47.2 Å². The Hall–Kier alpha value is -3.12. The van der Waals surface area contributed by atoms with Gasteiger partial charge in [0.25, 0.3) is 0 Å². The molecule has 2 heterocycles. The van der Waals surface area contributed by atoms with E-state index in [4.69, 9.17) is 20.1 Å². The SMILES string of the molecule is CN(C)CCCNc1nc(-c2cc3ccccc3o2)nc2ccc(N)cc12. The highest BCUT2D eigenvalue weighted by atomic mass is 16.3. The molecular formula is C21H23N5O. The summed E-state index contributed by atoms with van der Waals surface area (Å²) in [5.74, 6) is 2.01. The molecule has 4 rings (SSSR count). The summed E-state index contributed by atoms with van der Waals surface area (Å²) < 4.78 is 5.95. The Balaban J connectivity index is 1.73. The predicted molar refractivity (Wildman–Crippen MR) is 111 cm³/mol. The summed E-state index contributed by atoms with van der Waals surface area (Å²) >= 11 is 0. The molecule has 0 spiro atoms. The zero-order valence-electron chi connectivity index (χ0n) is 15.6. The molecule has 0 atom stereocenters. The van der Waals surface area contributed by atoms with E-state index >= 15 is 0 Å². The van der Waals surface area contributed by atoms with Gasteiger partial charge in [0, 0.05) is 23.0 Å². The lowest BCUT2D eigenvalue weighted by Gasteiger charge is -2.12. The van der Waals surface area contributed by atoms with Gasteiger partial charge in [-0.3, -0.25) is 0 Å². The van der Waals surface area contributed by atoms with Crippen molar-refractivity contribution in [1.82, 2.24) is 14.9 Å². The van der Waals surface area contributed by atoms with Crippen molar-refractivity contribution in [1.29, 1.82) is 0 Å². The molecule has 4 aromatic rings. The van der Waals surface area contributed by atoms with E-state index in [1.165, 1.54) is 0 Å². The molecule has 0 aliphatic rings. The fourth-order valence-corrected chi connectivity index (χ4v) is 3.09. The second kappa shape index (κ2) is 7.25. The first kappa shape index (κ1) is 17.3. The second-order valence-corrected chi connectivity index (χ2v) is 6.90. The lowest BCUT2D eigenvalue weighted by atomic mass is 10.2. The lowest BCUT2D eigenvalue weighted by molar-refractivity contribution is 0.405. The van der Waals surface area contributed by atoms with Gasteiger partial charge in [0.2, 0.25) is 0 Å². The number of aromatic nitrogens is 2. The van der Waals surface area contributed by atoms with Gasteiger partial charge in [-0.2, -0.15) is 0 Å². The first-order chi connectivity index (χ1) is 13.1. The van der Waals surface area contributed by atoms with Crippen molar-refractivity contribution in [2.75, 3.05) is 38.2 Å². The number of benzene rings is 2. The van der Waals surface area contributed by atoms with Crippen LogP contribution in [0.15, 0.2) is 52.9 Å². The van der Waals surface area contributed by atoms with Crippen LogP contribution in [-0.4, -0.2) is 42.1 Å². The number of rotatable bonds is 6. The molecule has 3 N–H and O–H groups in total. The average molecular weight is 361 g/mol. The minimum absolute atomic E-state index is 0.568. The molecule has 27 heavy (non-hydrogen) atoms. The Morgan fingerprint density at radius 3 is 2.74 bits per heavy atom. The molecule has 0 unspecified atom stereocenters. The topological polar surface area (TPSA) is 80.2 Å². The van der Waals surface area contributed by atoms with Gasteiger partial charge in [-0.05, 0) is 57.4 Å². The number of fused-ring (bicyclic) bond motifs is 2. The number of nitrogens with zero attached hydrogens (tertiary/aromatic N) is 3. The molecule has 0 bridgehead atoms. The van der Waals surface area contributed by atoms with E-state index in [2.05, 4.69) is 24.3 Å². The number of para-hydroxylation sites is 1. The summed E-state index contributed by atoms with van der Waals surface area (Å²) in [5, 5.41) is 5.39. The summed E-state index contributed by atoms with van der Waals surface area (Å²) in [5.41, 5.74) is 8.34. The van der Waals surface area contributed by atoms with Crippen LogP contribution in [0.4, 0.5) is 11.5 Å². The van der Waals surface area contributed by atoms with Crippen LogP contribution in [0, 0.1) is 0 Å². The van der Waals surface area contributed by atoms with Gasteiger partial charge in [-0.25, -0.2) is 9.97 Å². The van der Waals surface area contributed by atoms with E-state index in [0.29, 0.717) is 17.3 Å². The van der Waals surface area contributed by atoms with E-state index in [9.17, 15) is 0 Å². The molecule has 0 saturated carbocycles. The zero-order chi connectivity index (χ0) is 18.8. The molecule has 0 aliphatic heterocycles. The van der Waals surface area contributed by atoms with Crippen LogP contribution < -0.4 is 11.1 Å². The van der Waals surface area contributed by atoms with Crippen LogP contribution in [0.1, 0.15) is 6.42 Å². The van der Waals surface area contributed by atoms with E-state index in [1.54, 1.807) is 0 Å². The Labute approximate surface area is 158 Å². The number of nitrogens with one attached hydrogen (secondary N) is 1. The van der Waals surface area contributed by atoms with E-state index < -0.39 is 0 Å². The summed E-state index contributed by atoms with van der Waals surface area (Å²) in [4.78, 5) is 11.6. The summed E-state index contributed by atoms with van der Waals surface area (Å²) in [6.45, 7) is 1.83. The Bertz CT molecular complexity index is 1050. The average Bonchev–Trinajstić information content (AvgIpc) is 3.09. The summed E-state index contributed by atoms with van der Waals surface area (Å²) in [7, 11) is 4.14. The third-order valence-electron chi connectivity index (χ3n) is 4.44. The summed E-state index contributed by atoms with van der Waals surface area (Å²) in [6.07, 6.45) is 1.01. The van der Waals surface area contributed by atoms with Crippen molar-refractivity contribution in [3.8, 4) is 11.6 Å². The van der Waals surface area contributed by atoms with Crippen LogP contribution in [0.3, 0.4) is 0 Å². The van der Waals surface area contributed by atoms with Gasteiger partial charge in [0.05, 0.1) is 5.52 Å². The van der Waals surface area contributed by atoms with E-state index in [-0.39, 0.29) is 0 Å². The Morgan fingerprint density at radius 1 is 1.07 bits per heavy atom. The molecule has 138 valence electrons. The minimum atomic E-state index is 0.568. The molecule has 0 radical (unpaired) electrons. The fraction of sp³-hybridized carbons (Fsp3) is 0.238. The Kier molecular flexibility index (Phi) is 4.64. The number of hydrogen-bond donors (Lipinski definition) is 2. The number of furan rings is 1. The number of hydrogen-bond acceptors (Lipinski definition) is 6. The monoisotopic (exact) mass is 361 g/mol. The number of nitrogens with two attached hydrogens (primary N) is 1. The maximum Gasteiger partial charge on any atom is 0.198 e. The smallest absolute Gasteiger partial charge is 0.198 e. The van der Waals surface area contributed by atoms with Gasteiger partial charge in [-0.15, -0.1) is 0 Å². The van der Waals surface area contributed by atoms with Crippen LogP contribution in [0.5, 0.6) is 0 Å². The van der Waals surface area contributed by atoms with Gasteiger partial charge < -0.3 is 20.4 Å². The van der Waals surface area contributed by atoms with Crippen molar-refractivity contribution in [2.24, 2.45) is 0 Å². The van der Waals surface area contributed by atoms with Crippen molar-refractivity contribution >= 4 is 33.4 Å². The first-order valence-corrected chi connectivity index (χ1v) is 9.05. The van der Waals surface area contributed by atoms with Gasteiger partial charge >= 0.3 is 0 Å². The lowest BCUT2D eigenvalue weighted by Crippen LogP contribution is -2.17. The molecule has 0 saturated heterocycles. The van der Waals surface area contributed by atoms with Crippen LogP contribution in [0.25, 0.3) is 33.5 Å². The van der Waals surface area contributed by atoms with Gasteiger partial charge in [0.1, 0.15) is 11.4 Å². The van der Waals surface area contributed by atoms with Crippen LogP contribution in [0.2, 0.25) is 0 Å². The molecule has 0 fully saturated rings. The van der Waals surface area contributed by atoms with Crippen LogP contribution >= 0.6 is 0 Å². The van der Waals surface area contributed by atoms with Gasteiger partial charge in [-0.1, -0.05) is 18.2 Å². The highest BCUT2D eigenvalue weighted by Crippen LogP contribution is 2.30. The molecular weight excluding hydrogens is 338 g/mol. The molecule has 6 nitrogen and oxygen atoms in total. The van der Waals surface area contributed by atoms with Crippen LogP contribution in [-0.2, 0) is 0 Å². The summed E-state index contributed by atoms with van der Waals surface area (Å²) in [6, 6.07) is 15.6. The molecule has 2 aromatic carbocycles.